The third-order valence-corrected chi connectivity index (χ3v) is 6.86. The third-order valence-electron chi connectivity index (χ3n) is 5.32. The Morgan fingerprint density at radius 3 is 2.50 bits per heavy atom. The van der Waals surface area contributed by atoms with E-state index in [0.717, 1.165) is 30.4 Å². The number of hydrogen-bond acceptors (Lipinski definition) is 5. The van der Waals surface area contributed by atoms with Gasteiger partial charge in [0.05, 0.1) is 11.3 Å². The van der Waals surface area contributed by atoms with Gasteiger partial charge in [-0.05, 0) is 52.2 Å². The number of aryl methyl sites for hydroxylation is 4. The fourth-order valence-electron chi connectivity index (χ4n) is 3.63. The van der Waals surface area contributed by atoms with Gasteiger partial charge in [0.25, 0.3) is 15.9 Å². The minimum atomic E-state index is -3.85. The fourth-order valence-corrected chi connectivity index (χ4v) is 5.22. The van der Waals surface area contributed by atoms with Gasteiger partial charge < -0.3 is 9.40 Å². The SMILES string of the molecule is Cc1ccc(NS(=O)(=O)c2c(C)[nH]c(C)c2-c2nnc(C3CCC3)o2)c(C)c1. The van der Waals surface area contributed by atoms with Crippen LogP contribution in [0.2, 0.25) is 0 Å². The van der Waals surface area contributed by atoms with Gasteiger partial charge in [0, 0.05) is 17.3 Å². The number of nitrogens with zero attached hydrogens (tertiary/aromatic N) is 2. The molecule has 1 aliphatic rings. The van der Waals surface area contributed by atoms with Crippen LogP contribution in [0.1, 0.15) is 53.6 Å². The Bertz CT molecular complexity index is 1140. The summed E-state index contributed by atoms with van der Waals surface area (Å²) < 4.78 is 35.1. The summed E-state index contributed by atoms with van der Waals surface area (Å²) >= 11 is 0. The highest BCUT2D eigenvalue weighted by Crippen LogP contribution is 2.39. The van der Waals surface area contributed by atoms with Crippen LogP contribution in [0.5, 0.6) is 0 Å². The molecule has 4 rings (SSSR count). The summed E-state index contributed by atoms with van der Waals surface area (Å²) in [7, 11) is -3.85. The number of sulfonamides is 1. The van der Waals surface area contributed by atoms with Gasteiger partial charge in [-0.2, -0.15) is 0 Å². The maximum Gasteiger partial charge on any atom is 0.264 e. The molecule has 1 aliphatic carbocycles. The molecular weight excluding hydrogens is 376 g/mol. The van der Waals surface area contributed by atoms with Crippen molar-refractivity contribution in [3.63, 3.8) is 0 Å². The van der Waals surface area contributed by atoms with E-state index in [1.54, 1.807) is 13.0 Å². The molecule has 7 nitrogen and oxygen atoms in total. The molecule has 8 heteroatoms. The summed E-state index contributed by atoms with van der Waals surface area (Å²) in [6, 6.07) is 5.60. The second-order valence-corrected chi connectivity index (χ2v) is 9.20. The Morgan fingerprint density at radius 1 is 1.11 bits per heavy atom. The van der Waals surface area contributed by atoms with Gasteiger partial charge in [-0.1, -0.05) is 24.1 Å². The molecule has 2 N–H and O–H groups in total. The number of rotatable bonds is 5. The van der Waals surface area contributed by atoms with Crippen molar-refractivity contribution in [2.24, 2.45) is 0 Å². The quantitative estimate of drug-likeness (QED) is 0.662. The Balaban J connectivity index is 1.76. The molecule has 0 bridgehead atoms. The third kappa shape index (κ3) is 3.22. The van der Waals surface area contributed by atoms with Gasteiger partial charge in [-0.15, -0.1) is 10.2 Å². The number of anilines is 1. The van der Waals surface area contributed by atoms with Crippen molar-refractivity contribution in [1.29, 1.82) is 0 Å². The number of H-pyrrole nitrogens is 1. The van der Waals surface area contributed by atoms with E-state index in [0.29, 0.717) is 28.5 Å². The second-order valence-electron chi connectivity index (χ2n) is 7.58. The zero-order valence-electron chi connectivity index (χ0n) is 16.5. The molecule has 0 saturated heterocycles. The first kappa shape index (κ1) is 18.7. The lowest BCUT2D eigenvalue weighted by Crippen LogP contribution is -2.15. The van der Waals surface area contributed by atoms with E-state index in [4.69, 9.17) is 4.42 Å². The zero-order chi connectivity index (χ0) is 20.1. The van der Waals surface area contributed by atoms with E-state index in [2.05, 4.69) is 19.9 Å². The normalized spacial score (nSPS) is 14.9. The van der Waals surface area contributed by atoms with Crippen LogP contribution in [0.25, 0.3) is 11.5 Å². The number of hydrogen-bond donors (Lipinski definition) is 2. The summed E-state index contributed by atoms with van der Waals surface area (Å²) in [5.41, 5.74) is 4.14. The molecule has 28 heavy (non-hydrogen) atoms. The number of aromatic amines is 1. The molecule has 0 amide bonds. The summed E-state index contributed by atoms with van der Waals surface area (Å²) in [5.74, 6) is 1.12. The molecule has 0 unspecified atom stereocenters. The van der Waals surface area contributed by atoms with Crippen LogP contribution in [-0.2, 0) is 10.0 Å². The van der Waals surface area contributed by atoms with Crippen LogP contribution in [-0.4, -0.2) is 23.6 Å². The zero-order valence-corrected chi connectivity index (χ0v) is 17.3. The van der Waals surface area contributed by atoms with E-state index in [-0.39, 0.29) is 16.7 Å². The molecule has 1 saturated carbocycles. The topological polar surface area (TPSA) is 101 Å². The van der Waals surface area contributed by atoms with Crippen molar-refractivity contribution in [1.82, 2.24) is 15.2 Å². The first-order valence-corrected chi connectivity index (χ1v) is 10.9. The lowest BCUT2D eigenvalue weighted by atomic mass is 9.85. The van der Waals surface area contributed by atoms with Crippen molar-refractivity contribution in [3.8, 4) is 11.5 Å². The molecule has 0 atom stereocenters. The van der Waals surface area contributed by atoms with Crippen molar-refractivity contribution in [3.05, 3.63) is 46.6 Å². The smallest absolute Gasteiger partial charge is 0.264 e. The summed E-state index contributed by atoms with van der Waals surface area (Å²) in [5, 5.41) is 8.30. The molecule has 2 heterocycles. The van der Waals surface area contributed by atoms with Gasteiger partial charge in [0.15, 0.2) is 0 Å². The molecule has 0 radical (unpaired) electrons. The Kier molecular flexibility index (Phi) is 4.53. The number of nitrogens with one attached hydrogen (secondary N) is 2. The number of aromatic nitrogens is 3. The van der Waals surface area contributed by atoms with Crippen LogP contribution in [0.15, 0.2) is 27.5 Å². The van der Waals surface area contributed by atoms with Gasteiger partial charge in [-0.3, -0.25) is 4.72 Å². The highest BCUT2D eigenvalue weighted by Gasteiger charge is 2.31. The molecule has 1 aromatic carbocycles. The minimum Gasteiger partial charge on any atom is -0.420 e. The summed E-state index contributed by atoms with van der Waals surface area (Å²) in [4.78, 5) is 3.26. The minimum absolute atomic E-state index is 0.147. The molecular formula is C20H24N4O3S. The lowest BCUT2D eigenvalue weighted by Gasteiger charge is -2.20. The van der Waals surface area contributed by atoms with Crippen LogP contribution < -0.4 is 4.72 Å². The predicted molar refractivity (Wildman–Crippen MR) is 107 cm³/mol. The molecule has 0 aliphatic heterocycles. The van der Waals surface area contributed by atoms with E-state index < -0.39 is 10.0 Å². The van der Waals surface area contributed by atoms with Crippen molar-refractivity contribution in [2.45, 2.75) is 57.8 Å². The monoisotopic (exact) mass is 400 g/mol. The number of benzene rings is 1. The van der Waals surface area contributed by atoms with E-state index in [1.807, 2.05) is 32.9 Å². The second kappa shape index (κ2) is 6.77. The predicted octanol–water partition coefficient (Wildman–Crippen LogP) is 4.37. The van der Waals surface area contributed by atoms with Crippen LogP contribution >= 0.6 is 0 Å². The molecule has 2 aromatic heterocycles. The molecule has 3 aromatic rings. The van der Waals surface area contributed by atoms with Crippen LogP contribution in [0.4, 0.5) is 5.69 Å². The first-order valence-electron chi connectivity index (χ1n) is 9.39. The maximum atomic E-state index is 13.3. The molecule has 148 valence electrons. The van der Waals surface area contributed by atoms with Crippen molar-refractivity contribution >= 4 is 15.7 Å². The van der Waals surface area contributed by atoms with E-state index in [9.17, 15) is 8.42 Å². The standard InChI is InChI=1S/C20H24N4O3S/c1-11-8-9-16(12(2)10-11)24-28(25,26)18-14(4)21-13(3)17(18)20-23-22-19(27-20)15-6-5-7-15/h8-10,15,21,24H,5-7H2,1-4H3. The average Bonchev–Trinajstić information content (AvgIpc) is 3.12. The fraction of sp³-hybridized carbons (Fsp3) is 0.400. The Hall–Kier alpha value is -2.61. The Morgan fingerprint density at radius 2 is 1.86 bits per heavy atom. The highest BCUT2D eigenvalue weighted by atomic mass is 32.2. The molecule has 1 fully saturated rings. The van der Waals surface area contributed by atoms with Crippen LogP contribution in [0, 0.1) is 27.7 Å². The summed E-state index contributed by atoms with van der Waals surface area (Å²) in [6.45, 7) is 7.39. The Labute approximate surface area is 164 Å². The first-order chi connectivity index (χ1) is 13.3. The van der Waals surface area contributed by atoms with Crippen molar-refractivity contribution < 1.29 is 12.8 Å². The highest BCUT2D eigenvalue weighted by molar-refractivity contribution is 7.93. The van der Waals surface area contributed by atoms with Gasteiger partial charge >= 0.3 is 0 Å². The summed E-state index contributed by atoms with van der Waals surface area (Å²) in [6.07, 6.45) is 3.22. The van der Waals surface area contributed by atoms with Gasteiger partial charge in [0.1, 0.15) is 4.90 Å². The maximum absolute atomic E-state index is 13.3. The lowest BCUT2D eigenvalue weighted by molar-refractivity contribution is 0.338. The average molecular weight is 401 g/mol. The van der Waals surface area contributed by atoms with Crippen molar-refractivity contribution in [2.75, 3.05) is 4.72 Å². The van der Waals surface area contributed by atoms with E-state index in [1.165, 1.54) is 0 Å². The van der Waals surface area contributed by atoms with Gasteiger partial charge in [0.2, 0.25) is 5.89 Å². The molecule has 0 spiro atoms. The largest absolute Gasteiger partial charge is 0.420 e. The van der Waals surface area contributed by atoms with Crippen LogP contribution in [0.3, 0.4) is 0 Å². The van der Waals surface area contributed by atoms with Gasteiger partial charge in [-0.25, -0.2) is 8.42 Å². The van der Waals surface area contributed by atoms with E-state index >= 15 is 0 Å².